The van der Waals surface area contributed by atoms with Gasteiger partial charge in [-0.25, -0.2) is 13.2 Å². The lowest BCUT2D eigenvalue weighted by molar-refractivity contribution is -0.136. The maximum Gasteiger partial charge on any atom is 0.240 e. The van der Waals surface area contributed by atoms with Crippen molar-refractivity contribution >= 4 is 11.6 Å². The normalized spacial score (nSPS) is 20.4. The van der Waals surface area contributed by atoms with E-state index in [1.165, 1.54) is 18.2 Å². The van der Waals surface area contributed by atoms with Gasteiger partial charge in [0, 0.05) is 63.5 Å². The minimum Gasteiger partial charge on any atom is -0.366 e. The molecule has 2 heterocycles. The second kappa shape index (κ2) is 11.4. The number of para-hydroxylation sites is 1. The first-order chi connectivity index (χ1) is 18.0. The van der Waals surface area contributed by atoms with E-state index >= 15 is 0 Å². The Hall–Kier alpha value is -3.36. The number of amides is 1. The summed E-state index contributed by atoms with van der Waals surface area (Å²) in [5.74, 6) is -1.36. The minimum absolute atomic E-state index is 0.0122. The van der Waals surface area contributed by atoms with Crippen molar-refractivity contribution < 1.29 is 18.0 Å². The summed E-state index contributed by atoms with van der Waals surface area (Å²) < 4.78 is 41.6. The van der Waals surface area contributed by atoms with Crippen molar-refractivity contribution in [2.45, 2.75) is 31.6 Å². The van der Waals surface area contributed by atoms with E-state index in [1.54, 1.807) is 12.1 Å². The van der Waals surface area contributed by atoms with Crippen LogP contribution in [-0.2, 0) is 17.9 Å². The summed E-state index contributed by atoms with van der Waals surface area (Å²) in [6, 6.07) is 20.0. The lowest BCUT2D eigenvalue weighted by atomic mass is 10.1. The van der Waals surface area contributed by atoms with Crippen LogP contribution in [0.1, 0.15) is 17.5 Å². The maximum atomic E-state index is 14.2. The van der Waals surface area contributed by atoms with E-state index in [0.717, 1.165) is 11.6 Å². The zero-order valence-electron chi connectivity index (χ0n) is 20.6. The number of halogens is 3. The molecule has 2 fully saturated rings. The number of piperazine rings is 1. The molecule has 8 heteroatoms. The smallest absolute Gasteiger partial charge is 0.240 e. The summed E-state index contributed by atoms with van der Waals surface area (Å²) in [4.78, 5) is 19.7. The molecule has 5 rings (SSSR count). The molecular formula is C29H31F3N4O. The summed E-state index contributed by atoms with van der Waals surface area (Å²) in [5.41, 5.74) is 2.09. The molecule has 0 saturated carbocycles. The Morgan fingerprint density at radius 2 is 1.59 bits per heavy atom. The van der Waals surface area contributed by atoms with Crippen molar-refractivity contribution in [1.82, 2.24) is 15.1 Å². The second-order valence-corrected chi connectivity index (χ2v) is 9.74. The van der Waals surface area contributed by atoms with Crippen molar-refractivity contribution in [3.63, 3.8) is 0 Å². The first kappa shape index (κ1) is 25.3. The van der Waals surface area contributed by atoms with Crippen LogP contribution >= 0.6 is 0 Å². The van der Waals surface area contributed by atoms with Gasteiger partial charge in [-0.1, -0.05) is 48.5 Å². The van der Waals surface area contributed by atoms with E-state index in [2.05, 4.69) is 10.2 Å². The molecule has 0 spiro atoms. The van der Waals surface area contributed by atoms with Crippen LogP contribution in [-0.4, -0.2) is 60.5 Å². The number of nitrogens with zero attached hydrogens (tertiary/aromatic N) is 3. The maximum absolute atomic E-state index is 14.2. The number of carbonyl (C=O) groups excluding carboxylic acids is 1. The molecule has 5 nitrogen and oxygen atoms in total. The fraction of sp³-hybridized carbons (Fsp3) is 0.345. The third-order valence-corrected chi connectivity index (χ3v) is 7.30. The largest absolute Gasteiger partial charge is 0.366 e. The van der Waals surface area contributed by atoms with Gasteiger partial charge in [-0.15, -0.1) is 0 Å². The molecule has 2 atom stereocenters. The Morgan fingerprint density at radius 3 is 2.32 bits per heavy atom. The first-order valence-electron chi connectivity index (χ1n) is 12.7. The van der Waals surface area contributed by atoms with Crippen LogP contribution in [0.15, 0.2) is 72.8 Å². The van der Waals surface area contributed by atoms with Gasteiger partial charge in [-0.05, 0) is 30.2 Å². The molecule has 1 N–H and O–H groups in total. The summed E-state index contributed by atoms with van der Waals surface area (Å²) in [7, 11) is 0. The number of carbonyl (C=O) groups is 1. The fourth-order valence-electron chi connectivity index (χ4n) is 5.31. The number of nitrogens with one attached hydrogen (secondary N) is 1. The van der Waals surface area contributed by atoms with Gasteiger partial charge in [0.2, 0.25) is 5.91 Å². The average molecular weight is 509 g/mol. The van der Waals surface area contributed by atoms with Gasteiger partial charge in [-0.3, -0.25) is 9.69 Å². The van der Waals surface area contributed by atoms with E-state index in [-0.39, 0.29) is 30.4 Å². The number of hydrogen-bond acceptors (Lipinski definition) is 4. The van der Waals surface area contributed by atoms with E-state index in [1.807, 2.05) is 46.2 Å². The van der Waals surface area contributed by atoms with Gasteiger partial charge in [0.1, 0.15) is 17.5 Å². The molecule has 0 bridgehead atoms. The third-order valence-electron chi connectivity index (χ3n) is 7.30. The van der Waals surface area contributed by atoms with Gasteiger partial charge in [0.05, 0.1) is 11.7 Å². The highest BCUT2D eigenvalue weighted by molar-refractivity contribution is 5.82. The van der Waals surface area contributed by atoms with Crippen LogP contribution < -0.4 is 10.2 Å². The van der Waals surface area contributed by atoms with Crippen LogP contribution in [0.3, 0.4) is 0 Å². The minimum atomic E-state index is -0.600. The summed E-state index contributed by atoms with van der Waals surface area (Å²) >= 11 is 0. The highest BCUT2D eigenvalue weighted by Crippen LogP contribution is 2.25. The van der Waals surface area contributed by atoms with Crippen LogP contribution in [0.4, 0.5) is 18.9 Å². The topological polar surface area (TPSA) is 38.8 Å². The number of likely N-dealkylation sites (tertiary alicyclic amines) is 1. The van der Waals surface area contributed by atoms with Gasteiger partial charge in [0.25, 0.3) is 0 Å². The predicted octanol–water partition coefficient (Wildman–Crippen LogP) is 4.19. The number of anilines is 1. The highest BCUT2D eigenvalue weighted by atomic mass is 19.1. The Balaban J connectivity index is 1.25. The zero-order chi connectivity index (χ0) is 25.8. The average Bonchev–Trinajstić information content (AvgIpc) is 3.31. The molecule has 0 radical (unpaired) electrons. The van der Waals surface area contributed by atoms with E-state index in [4.69, 9.17) is 0 Å². The Bertz CT molecular complexity index is 1220. The molecule has 2 aliphatic heterocycles. The van der Waals surface area contributed by atoms with E-state index in [0.29, 0.717) is 56.9 Å². The molecule has 0 aliphatic carbocycles. The van der Waals surface area contributed by atoms with E-state index in [9.17, 15) is 18.0 Å². The lowest BCUT2D eigenvalue weighted by Gasteiger charge is -2.38. The standard InChI is InChI=1S/C29H31F3N4O/c30-23-11-10-22(26(32)16-23)18-33-24-17-28(36(20-24)19-21-6-2-1-3-7-21)29(37)35-14-12-34(13-15-35)27-9-5-4-8-25(27)31/h1-11,16,24,28,33H,12-15,17-20H2/t24-,28-/m0/s1. The quantitative estimate of drug-likeness (QED) is 0.520. The molecule has 2 aliphatic rings. The molecule has 1 amide bonds. The SMILES string of the molecule is O=C([C@@H]1C[C@H](NCc2ccc(F)cc2F)CN1Cc1ccccc1)N1CCN(c2ccccc2F)CC1. The molecule has 194 valence electrons. The predicted molar refractivity (Wildman–Crippen MR) is 137 cm³/mol. The molecule has 2 saturated heterocycles. The number of rotatable bonds is 7. The Kier molecular flexibility index (Phi) is 7.76. The molecule has 3 aromatic carbocycles. The Labute approximate surface area is 215 Å². The van der Waals surface area contributed by atoms with Gasteiger partial charge >= 0.3 is 0 Å². The molecule has 37 heavy (non-hydrogen) atoms. The monoisotopic (exact) mass is 508 g/mol. The summed E-state index contributed by atoms with van der Waals surface area (Å²) in [6.45, 7) is 3.74. The zero-order valence-corrected chi connectivity index (χ0v) is 20.6. The van der Waals surface area contributed by atoms with Gasteiger partial charge in [-0.2, -0.15) is 0 Å². The van der Waals surface area contributed by atoms with Crippen LogP contribution in [0.25, 0.3) is 0 Å². The van der Waals surface area contributed by atoms with Crippen LogP contribution in [0.2, 0.25) is 0 Å². The summed E-state index contributed by atoms with van der Waals surface area (Å²) in [6.07, 6.45) is 0.599. The summed E-state index contributed by atoms with van der Waals surface area (Å²) in [5, 5.41) is 3.37. The van der Waals surface area contributed by atoms with Crippen molar-refractivity contribution in [3.05, 3.63) is 101 Å². The molecule has 0 aromatic heterocycles. The van der Waals surface area contributed by atoms with Crippen molar-refractivity contribution in [2.24, 2.45) is 0 Å². The molecule has 0 unspecified atom stereocenters. The number of benzene rings is 3. The van der Waals surface area contributed by atoms with Crippen LogP contribution in [0.5, 0.6) is 0 Å². The third kappa shape index (κ3) is 5.97. The van der Waals surface area contributed by atoms with Gasteiger partial charge in [0.15, 0.2) is 0 Å². The Morgan fingerprint density at radius 1 is 0.865 bits per heavy atom. The van der Waals surface area contributed by atoms with Crippen LogP contribution in [0, 0.1) is 17.5 Å². The van der Waals surface area contributed by atoms with Crippen molar-refractivity contribution in [2.75, 3.05) is 37.6 Å². The second-order valence-electron chi connectivity index (χ2n) is 9.74. The molecular weight excluding hydrogens is 477 g/mol. The fourth-order valence-corrected chi connectivity index (χ4v) is 5.31. The first-order valence-corrected chi connectivity index (χ1v) is 12.7. The molecule has 3 aromatic rings. The lowest BCUT2D eigenvalue weighted by Crippen LogP contribution is -2.53. The van der Waals surface area contributed by atoms with E-state index < -0.39 is 11.6 Å². The number of hydrogen-bond donors (Lipinski definition) is 1. The van der Waals surface area contributed by atoms with Crippen molar-refractivity contribution in [1.29, 1.82) is 0 Å². The van der Waals surface area contributed by atoms with Crippen molar-refractivity contribution in [3.8, 4) is 0 Å². The van der Waals surface area contributed by atoms with Gasteiger partial charge < -0.3 is 15.1 Å². The highest BCUT2D eigenvalue weighted by Gasteiger charge is 2.39.